The van der Waals surface area contributed by atoms with Crippen molar-refractivity contribution in [1.82, 2.24) is 5.32 Å². The van der Waals surface area contributed by atoms with E-state index in [1.165, 1.54) is 11.1 Å². The highest BCUT2D eigenvalue weighted by Gasteiger charge is 2.03. The molecule has 0 amide bonds. The van der Waals surface area contributed by atoms with Gasteiger partial charge < -0.3 is 5.32 Å². The molecule has 1 nitrogen and oxygen atoms in total. The van der Waals surface area contributed by atoms with Gasteiger partial charge in [0.2, 0.25) is 0 Å². The molecule has 2 aromatic rings. The number of thiophene rings is 1. The van der Waals surface area contributed by atoms with Crippen molar-refractivity contribution < 1.29 is 0 Å². The van der Waals surface area contributed by atoms with Gasteiger partial charge in [-0.3, -0.25) is 0 Å². The molecule has 0 aliphatic heterocycles. The van der Waals surface area contributed by atoms with Gasteiger partial charge >= 0.3 is 0 Å². The summed E-state index contributed by atoms with van der Waals surface area (Å²) in [4.78, 5) is 0. The summed E-state index contributed by atoms with van der Waals surface area (Å²) in [5.41, 5.74) is 2.63. The molecule has 0 saturated carbocycles. The Hall–Kier alpha value is -0.830. The summed E-state index contributed by atoms with van der Waals surface area (Å²) in [6.45, 7) is 3.14. The maximum atomic E-state index is 5.97. The minimum absolute atomic E-state index is 0.452. The SMILES string of the molecule is CC(Cc1cccc(Cl)c1)NCc1ccsc1. The van der Waals surface area contributed by atoms with Gasteiger partial charge in [-0.15, -0.1) is 0 Å². The second-order valence-electron chi connectivity index (χ2n) is 4.25. The van der Waals surface area contributed by atoms with Crippen molar-refractivity contribution in [3.63, 3.8) is 0 Å². The second kappa shape index (κ2) is 6.20. The lowest BCUT2D eigenvalue weighted by atomic mass is 10.1. The first-order chi connectivity index (χ1) is 8.24. The second-order valence-corrected chi connectivity index (χ2v) is 5.46. The molecule has 1 N–H and O–H groups in total. The van der Waals surface area contributed by atoms with Gasteiger partial charge in [-0.05, 0) is 53.4 Å². The van der Waals surface area contributed by atoms with Crippen molar-refractivity contribution in [2.45, 2.75) is 25.9 Å². The number of hydrogen-bond acceptors (Lipinski definition) is 2. The van der Waals surface area contributed by atoms with E-state index in [9.17, 15) is 0 Å². The average Bonchev–Trinajstić information content (AvgIpc) is 2.79. The molecule has 1 aromatic heterocycles. The Balaban J connectivity index is 1.83. The lowest BCUT2D eigenvalue weighted by Crippen LogP contribution is -2.27. The third-order valence-electron chi connectivity index (χ3n) is 2.67. The lowest BCUT2D eigenvalue weighted by Gasteiger charge is -2.13. The van der Waals surface area contributed by atoms with Crippen molar-refractivity contribution in [2.24, 2.45) is 0 Å². The van der Waals surface area contributed by atoms with Crippen LogP contribution >= 0.6 is 22.9 Å². The Kier molecular flexibility index (Phi) is 4.60. The molecule has 0 radical (unpaired) electrons. The zero-order chi connectivity index (χ0) is 12.1. The first-order valence-corrected chi connectivity index (χ1v) is 7.05. The van der Waals surface area contributed by atoms with E-state index in [1.807, 2.05) is 18.2 Å². The molecule has 3 heteroatoms. The summed E-state index contributed by atoms with van der Waals surface area (Å²) in [5.74, 6) is 0. The quantitative estimate of drug-likeness (QED) is 0.857. The molecule has 0 spiro atoms. The number of hydrogen-bond donors (Lipinski definition) is 1. The average molecular weight is 266 g/mol. The molecule has 17 heavy (non-hydrogen) atoms. The molecule has 1 heterocycles. The van der Waals surface area contributed by atoms with Crippen LogP contribution in [0, 0.1) is 0 Å². The summed E-state index contributed by atoms with van der Waals surface area (Å²) in [5, 5.41) is 8.62. The van der Waals surface area contributed by atoms with Gasteiger partial charge in [-0.25, -0.2) is 0 Å². The Morgan fingerprint density at radius 1 is 1.29 bits per heavy atom. The molecule has 2 rings (SSSR count). The molecule has 0 aliphatic rings. The minimum atomic E-state index is 0.452. The van der Waals surface area contributed by atoms with Crippen LogP contribution < -0.4 is 5.32 Å². The normalized spacial score (nSPS) is 12.6. The third kappa shape index (κ3) is 4.15. The lowest BCUT2D eigenvalue weighted by molar-refractivity contribution is 0.546. The summed E-state index contributed by atoms with van der Waals surface area (Å²) in [6.07, 6.45) is 1.00. The van der Waals surface area contributed by atoms with E-state index in [0.717, 1.165) is 18.0 Å². The fourth-order valence-electron chi connectivity index (χ4n) is 1.77. The molecule has 0 aliphatic carbocycles. The highest BCUT2D eigenvalue weighted by molar-refractivity contribution is 7.07. The molecule has 1 atom stereocenters. The molecular weight excluding hydrogens is 250 g/mol. The molecule has 0 bridgehead atoms. The van der Waals surface area contributed by atoms with E-state index < -0.39 is 0 Å². The zero-order valence-corrected chi connectivity index (χ0v) is 11.4. The summed E-state index contributed by atoms with van der Waals surface area (Å²) < 4.78 is 0. The van der Waals surface area contributed by atoms with Crippen molar-refractivity contribution in [2.75, 3.05) is 0 Å². The number of benzene rings is 1. The van der Waals surface area contributed by atoms with Gasteiger partial charge in [-0.1, -0.05) is 23.7 Å². The maximum Gasteiger partial charge on any atom is 0.0408 e. The van der Waals surface area contributed by atoms with Crippen molar-refractivity contribution in [3.8, 4) is 0 Å². The largest absolute Gasteiger partial charge is 0.310 e. The number of rotatable bonds is 5. The smallest absolute Gasteiger partial charge is 0.0408 e. The molecule has 0 saturated heterocycles. The van der Waals surface area contributed by atoms with Gasteiger partial charge in [0.25, 0.3) is 0 Å². The molecule has 1 aromatic carbocycles. The standard InChI is InChI=1S/C14H16ClNS/c1-11(16-9-13-5-6-17-10-13)7-12-3-2-4-14(15)8-12/h2-6,8,10-11,16H,7,9H2,1H3. The Morgan fingerprint density at radius 2 is 2.18 bits per heavy atom. The van der Waals surface area contributed by atoms with Crippen LogP contribution in [0.4, 0.5) is 0 Å². The van der Waals surface area contributed by atoms with Crippen LogP contribution in [0.3, 0.4) is 0 Å². The van der Waals surface area contributed by atoms with Gasteiger partial charge in [0.1, 0.15) is 0 Å². The third-order valence-corrected chi connectivity index (χ3v) is 3.63. The molecule has 0 fully saturated rings. The van der Waals surface area contributed by atoms with E-state index in [0.29, 0.717) is 6.04 Å². The minimum Gasteiger partial charge on any atom is -0.310 e. The number of halogens is 1. The van der Waals surface area contributed by atoms with Crippen molar-refractivity contribution in [3.05, 3.63) is 57.2 Å². The monoisotopic (exact) mass is 265 g/mol. The summed E-state index contributed by atoms with van der Waals surface area (Å²) in [7, 11) is 0. The van der Waals surface area contributed by atoms with Gasteiger partial charge in [-0.2, -0.15) is 11.3 Å². The predicted octanol–water partition coefficient (Wildman–Crippen LogP) is 4.12. The Morgan fingerprint density at radius 3 is 2.88 bits per heavy atom. The van der Waals surface area contributed by atoms with Gasteiger partial charge in [0.05, 0.1) is 0 Å². The van der Waals surface area contributed by atoms with Gasteiger partial charge in [0, 0.05) is 17.6 Å². The topological polar surface area (TPSA) is 12.0 Å². The van der Waals surface area contributed by atoms with E-state index in [2.05, 4.69) is 35.1 Å². The van der Waals surface area contributed by atoms with Crippen LogP contribution in [0.5, 0.6) is 0 Å². The number of nitrogens with one attached hydrogen (secondary N) is 1. The van der Waals surface area contributed by atoms with Crippen LogP contribution in [0.1, 0.15) is 18.1 Å². The molecular formula is C14H16ClNS. The highest BCUT2D eigenvalue weighted by atomic mass is 35.5. The fourth-order valence-corrected chi connectivity index (χ4v) is 2.66. The van der Waals surface area contributed by atoms with Crippen LogP contribution in [0.25, 0.3) is 0 Å². The Bertz CT molecular complexity index is 453. The fraction of sp³-hybridized carbons (Fsp3) is 0.286. The van der Waals surface area contributed by atoms with Crippen molar-refractivity contribution in [1.29, 1.82) is 0 Å². The summed E-state index contributed by atoms with van der Waals surface area (Å²) >= 11 is 7.71. The first kappa shape index (κ1) is 12.6. The molecule has 90 valence electrons. The van der Waals surface area contributed by atoms with E-state index >= 15 is 0 Å². The van der Waals surface area contributed by atoms with Crippen LogP contribution in [0.2, 0.25) is 5.02 Å². The Labute approximate surface area is 111 Å². The van der Waals surface area contributed by atoms with Gasteiger partial charge in [0.15, 0.2) is 0 Å². The highest BCUT2D eigenvalue weighted by Crippen LogP contribution is 2.12. The van der Waals surface area contributed by atoms with Crippen LogP contribution in [0.15, 0.2) is 41.1 Å². The van der Waals surface area contributed by atoms with Crippen LogP contribution in [-0.4, -0.2) is 6.04 Å². The molecule has 1 unspecified atom stereocenters. The van der Waals surface area contributed by atoms with E-state index in [-0.39, 0.29) is 0 Å². The summed E-state index contributed by atoms with van der Waals surface area (Å²) in [6, 6.07) is 10.7. The van der Waals surface area contributed by atoms with Crippen molar-refractivity contribution >= 4 is 22.9 Å². The van der Waals surface area contributed by atoms with E-state index in [4.69, 9.17) is 11.6 Å². The predicted molar refractivity (Wildman–Crippen MR) is 75.8 cm³/mol. The maximum absolute atomic E-state index is 5.97. The van der Waals surface area contributed by atoms with E-state index in [1.54, 1.807) is 11.3 Å². The van der Waals surface area contributed by atoms with Crippen LogP contribution in [-0.2, 0) is 13.0 Å². The first-order valence-electron chi connectivity index (χ1n) is 5.73. The zero-order valence-electron chi connectivity index (χ0n) is 9.82.